The van der Waals surface area contributed by atoms with Crippen LogP contribution < -0.4 is 10.6 Å². The molecule has 92 valence electrons. The van der Waals surface area contributed by atoms with Crippen LogP contribution in [0.1, 0.15) is 10.4 Å². The van der Waals surface area contributed by atoms with Gasteiger partial charge < -0.3 is 15.7 Å². The van der Waals surface area contributed by atoms with Gasteiger partial charge in [-0.1, -0.05) is 0 Å². The summed E-state index contributed by atoms with van der Waals surface area (Å²) in [5.74, 6) is -4.75. The van der Waals surface area contributed by atoms with E-state index in [-0.39, 0.29) is 12.2 Å². The molecule has 1 aromatic rings. The Morgan fingerprint density at radius 1 is 1.29 bits per heavy atom. The van der Waals surface area contributed by atoms with E-state index in [9.17, 15) is 18.4 Å². The maximum atomic E-state index is 13.3. The van der Waals surface area contributed by atoms with Crippen molar-refractivity contribution in [1.82, 2.24) is 5.32 Å². The van der Waals surface area contributed by atoms with Crippen molar-refractivity contribution in [2.24, 2.45) is 0 Å². The smallest absolute Gasteiger partial charge is 0.338 e. The highest BCUT2D eigenvalue weighted by atomic mass is 19.2. The number of hydrogen-bond acceptors (Lipinski definition) is 3. The zero-order valence-electron chi connectivity index (χ0n) is 8.88. The molecule has 0 atom stereocenters. The van der Waals surface area contributed by atoms with Crippen LogP contribution in [0.4, 0.5) is 14.5 Å². The fourth-order valence-electron chi connectivity index (χ4n) is 1.12. The van der Waals surface area contributed by atoms with Crippen LogP contribution in [0.5, 0.6) is 0 Å². The van der Waals surface area contributed by atoms with Gasteiger partial charge in [0, 0.05) is 7.05 Å². The lowest BCUT2D eigenvalue weighted by atomic mass is 10.2. The van der Waals surface area contributed by atoms with E-state index in [1.807, 2.05) is 0 Å². The Morgan fingerprint density at radius 3 is 2.47 bits per heavy atom. The van der Waals surface area contributed by atoms with E-state index in [0.717, 1.165) is 12.1 Å². The third-order valence-electron chi connectivity index (χ3n) is 2.03. The molecule has 0 bridgehead atoms. The molecule has 0 heterocycles. The van der Waals surface area contributed by atoms with Crippen LogP contribution in [0.3, 0.4) is 0 Å². The highest BCUT2D eigenvalue weighted by molar-refractivity contribution is 5.88. The summed E-state index contributed by atoms with van der Waals surface area (Å²) in [5, 5.41) is 13.2. The number of likely N-dealkylation sites (N-methyl/N-ethyl adjacent to an activating group) is 1. The van der Waals surface area contributed by atoms with Gasteiger partial charge in [-0.3, -0.25) is 4.79 Å². The van der Waals surface area contributed by atoms with Gasteiger partial charge in [0.05, 0.1) is 17.8 Å². The summed E-state index contributed by atoms with van der Waals surface area (Å²) in [7, 11) is 1.40. The van der Waals surface area contributed by atoms with Crippen molar-refractivity contribution in [3.05, 3.63) is 29.3 Å². The van der Waals surface area contributed by atoms with Crippen molar-refractivity contribution in [3.63, 3.8) is 0 Å². The number of carbonyl (C=O) groups excluding carboxylic acids is 1. The van der Waals surface area contributed by atoms with E-state index < -0.39 is 29.1 Å². The summed E-state index contributed by atoms with van der Waals surface area (Å²) < 4.78 is 26.6. The normalized spacial score (nSPS) is 9.82. The zero-order chi connectivity index (χ0) is 13.0. The van der Waals surface area contributed by atoms with Gasteiger partial charge in [-0.25, -0.2) is 13.6 Å². The number of anilines is 1. The van der Waals surface area contributed by atoms with Crippen LogP contribution in [0, 0.1) is 11.6 Å². The number of aromatic carboxylic acids is 1. The average molecular weight is 244 g/mol. The van der Waals surface area contributed by atoms with Crippen molar-refractivity contribution in [1.29, 1.82) is 0 Å². The van der Waals surface area contributed by atoms with Crippen LogP contribution in [0.2, 0.25) is 0 Å². The second-order valence-corrected chi connectivity index (χ2v) is 3.12. The fraction of sp³-hybridized carbons (Fsp3) is 0.200. The van der Waals surface area contributed by atoms with Gasteiger partial charge >= 0.3 is 5.97 Å². The monoisotopic (exact) mass is 244 g/mol. The quantitative estimate of drug-likeness (QED) is 0.732. The summed E-state index contributed by atoms with van der Waals surface area (Å²) in [4.78, 5) is 21.4. The summed E-state index contributed by atoms with van der Waals surface area (Å²) in [5.41, 5.74) is -1.02. The molecule has 0 spiro atoms. The highest BCUT2D eigenvalue weighted by Gasteiger charge is 2.17. The van der Waals surface area contributed by atoms with E-state index in [2.05, 4.69) is 10.6 Å². The lowest BCUT2D eigenvalue weighted by Gasteiger charge is -2.08. The number of hydrogen-bond donors (Lipinski definition) is 3. The number of amides is 1. The van der Waals surface area contributed by atoms with E-state index in [4.69, 9.17) is 5.11 Å². The second kappa shape index (κ2) is 5.24. The summed E-state index contributed by atoms with van der Waals surface area (Å²) in [6.07, 6.45) is 0. The summed E-state index contributed by atoms with van der Waals surface area (Å²) >= 11 is 0. The Kier molecular flexibility index (Phi) is 3.97. The summed E-state index contributed by atoms with van der Waals surface area (Å²) in [6, 6.07) is 1.98. The lowest BCUT2D eigenvalue weighted by Crippen LogP contribution is -2.26. The third kappa shape index (κ3) is 2.90. The van der Waals surface area contributed by atoms with Crippen LogP contribution in [-0.2, 0) is 4.79 Å². The standard InChI is InChI=1S/C10H10F2N2O3/c1-13-7(15)4-14-6-3-2-5(10(16)17)8(11)9(6)12/h2-3,14H,4H2,1H3,(H,13,15)(H,16,17). The van der Waals surface area contributed by atoms with Gasteiger partial charge in [-0.2, -0.15) is 0 Å². The Balaban J connectivity index is 2.93. The fourth-order valence-corrected chi connectivity index (χ4v) is 1.12. The first kappa shape index (κ1) is 12.9. The van der Waals surface area contributed by atoms with E-state index in [1.165, 1.54) is 7.05 Å². The highest BCUT2D eigenvalue weighted by Crippen LogP contribution is 2.20. The molecule has 0 unspecified atom stereocenters. The van der Waals surface area contributed by atoms with Crippen LogP contribution in [-0.4, -0.2) is 30.6 Å². The molecule has 1 rings (SSSR count). The molecule has 0 aliphatic heterocycles. The molecule has 0 aliphatic rings. The first-order valence-electron chi connectivity index (χ1n) is 4.63. The van der Waals surface area contributed by atoms with Crippen molar-refractivity contribution < 1.29 is 23.5 Å². The molecule has 3 N–H and O–H groups in total. The molecule has 7 heteroatoms. The van der Waals surface area contributed by atoms with Crippen LogP contribution in [0.15, 0.2) is 12.1 Å². The molecular weight excluding hydrogens is 234 g/mol. The maximum absolute atomic E-state index is 13.3. The number of nitrogens with one attached hydrogen (secondary N) is 2. The Hall–Kier alpha value is -2.18. The van der Waals surface area contributed by atoms with Crippen molar-refractivity contribution in [2.75, 3.05) is 18.9 Å². The summed E-state index contributed by atoms with van der Waals surface area (Å²) in [6.45, 7) is -0.237. The van der Waals surface area contributed by atoms with Crippen molar-refractivity contribution in [3.8, 4) is 0 Å². The van der Waals surface area contributed by atoms with Gasteiger partial charge in [0.15, 0.2) is 11.6 Å². The lowest BCUT2D eigenvalue weighted by molar-refractivity contribution is -0.118. The minimum atomic E-state index is -1.56. The van der Waals surface area contributed by atoms with E-state index >= 15 is 0 Å². The van der Waals surface area contributed by atoms with Crippen LogP contribution in [0.25, 0.3) is 0 Å². The van der Waals surface area contributed by atoms with Gasteiger partial charge in [0.1, 0.15) is 0 Å². The first-order chi connectivity index (χ1) is 7.97. The topological polar surface area (TPSA) is 78.4 Å². The third-order valence-corrected chi connectivity index (χ3v) is 2.03. The molecule has 0 aromatic heterocycles. The van der Waals surface area contributed by atoms with Gasteiger partial charge in [0.25, 0.3) is 0 Å². The van der Waals surface area contributed by atoms with Gasteiger partial charge in [0.2, 0.25) is 5.91 Å². The number of carboxylic acids is 1. The zero-order valence-corrected chi connectivity index (χ0v) is 8.88. The predicted octanol–water partition coefficient (Wildman–Crippen LogP) is 0.821. The largest absolute Gasteiger partial charge is 0.478 e. The first-order valence-corrected chi connectivity index (χ1v) is 4.63. The number of rotatable bonds is 4. The molecule has 0 radical (unpaired) electrons. The number of carbonyl (C=O) groups is 2. The molecule has 0 saturated heterocycles. The SMILES string of the molecule is CNC(=O)CNc1ccc(C(=O)O)c(F)c1F. The predicted molar refractivity (Wildman–Crippen MR) is 55.9 cm³/mol. The number of benzene rings is 1. The number of halogens is 2. The number of carboxylic acid groups (broad SMARTS) is 1. The molecule has 0 fully saturated rings. The molecule has 0 saturated carbocycles. The van der Waals surface area contributed by atoms with Gasteiger partial charge in [-0.15, -0.1) is 0 Å². The minimum absolute atomic E-state index is 0.237. The Bertz CT molecular complexity index is 463. The maximum Gasteiger partial charge on any atom is 0.338 e. The second-order valence-electron chi connectivity index (χ2n) is 3.12. The Morgan fingerprint density at radius 2 is 1.94 bits per heavy atom. The molecule has 17 heavy (non-hydrogen) atoms. The van der Waals surface area contributed by atoms with Crippen molar-refractivity contribution in [2.45, 2.75) is 0 Å². The Labute approximate surface area is 95.4 Å². The van der Waals surface area contributed by atoms with Crippen molar-refractivity contribution >= 4 is 17.6 Å². The van der Waals surface area contributed by atoms with E-state index in [1.54, 1.807) is 0 Å². The molecule has 1 aromatic carbocycles. The molecular formula is C10H10F2N2O3. The van der Waals surface area contributed by atoms with Crippen LogP contribution >= 0.6 is 0 Å². The molecule has 5 nitrogen and oxygen atoms in total. The van der Waals surface area contributed by atoms with E-state index in [0.29, 0.717) is 0 Å². The molecule has 1 amide bonds. The minimum Gasteiger partial charge on any atom is -0.478 e. The average Bonchev–Trinajstić information content (AvgIpc) is 2.30. The molecule has 0 aliphatic carbocycles. The van der Waals surface area contributed by atoms with Gasteiger partial charge in [-0.05, 0) is 12.1 Å².